The number of hydrogen-bond acceptors (Lipinski definition) is 9. The van der Waals surface area contributed by atoms with Gasteiger partial charge in [0.1, 0.15) is 5.75 Å². The Morgan fingerprint density at radius 1 is 1.11 bits per heavy atom. The van der Waals surface area contributed by atoms with Gasteiger partial charge in [-0.25, -0.2) is 9.59 Å². The summed E-state index contributed by atoms with van der Waals surface area (Å²) in [5.41, 5.74) is -0.818. The first-order chi connectivity index (χ1) is 16.3. The van der Waals surface area contributed by atoms with Crippen molar-refractivity contribution in [3.05, 3.63) is 23.8 Å². The number of fused-ring (bicyclic) bond motifs is 1. The van der Waals surface area contributed by atoms with E-state index in [0.29, 0.717) is 25.1 Å². The monoisotopic (exact) mass is 498 g/mol. The van der Waals surface area contributed by atoms with E-state index < -0.39 is 36.4 Å². The van der Waals surface area contributed by atoms with Gasteiger partial charge in [0.05, 0.1) is 20.0 Å². The summed E-state index contributed by atoms with van der Waals surface area (Å²) < 4.78 is 10.2. The molecule has 2 rings (SSSR count). The molecule has 1 aliphatic rings. The second-order valence-corrected chi connectivity index (χ2v) is 7.77. The number of carboxylic acids is 3. The van der Waals surface area contributed by atoms with Gasteiger partial charge in [0.2, 0.25) is 0 Å². The molecule has 0 aliphatic carbocycles. The van der Waals surface area contributed by atoms with E-state index in [2.05, 4.69) is 10.1 Å². The molecule has 1 heterocycles. The zero-order valence-corrected chi connectivity index (χ0v) is 19.6. The number of aliphatic hydroxyl groups is 1. The molecule has 0 saturated carbocycles. The summed E-state index contributed by atoms with van der Waals surface area (Å²) in [5, 5.41) is 37.1. The van der Waals surface area contributed by atoms with E-state index in [9.17, 15) is 24.0 Å². The highest BCUT2D eigenvalue weighted by Gasteiger charge is 2.40. The van der Waals surface area contributed by atoms with Crippen molar-refractivity contribution in [1.29, 1.82) is 0 Å². The van der Waals surface area contributed by atoms with Crippen molar-refractivity contribution in [3.63, 3.8) is 0 Å². The van der Waals surface area contributed by atoms with Crippen LogP contribution in [0.25, 0.3) is 0 Å². The van der Waals surface area contributed by atoms with E-state index in [0.717, 1.165) is 17.8 Å². The van der Waals surface area contributed by atoms with Crippen molar-refractivity contribution in [1.82, 2.24) is 4.90 Å². The van der Waals surface area contributed by atoms with Crippen LogP contribution in [0.3, 0.4) is 0 Å². The first-order valence-electron chi connectivity index (χ1n) is 10.6. The summed E-state index contributed by atoms with van der Waals surface area (Å²) in [6, 6.07) is 5.59. The molecule has 0 spiro atoms. The van der Waals surface area contributed by atoms with Crippen LogP contribution in [0.1, 0.15) is 44.1 Å². The summed E-state index contributed by atoms with van der Waals surface area (Å²) in [6.07, 6.45) is -1.66. The van der Waals surface area contributed by atoms with Gasteiger partial charge < -0.3 is 40.1 Å². The van der Waals surface area contributed by atoms with Crippen LogP contribution in [-0.2, 0) is 23.9 Å². The van der Waals surface area contributed by atoms with Crippen LogP contribution in [0, 0.1) is 0 Å². The highest BCUT2D eigenvalue weighted by atomic mass is 16.6. The Bertz CT molecular complexity index is 931. The molecule has 194 valence electrons. The Morgan fingerprint density at radius 3 is 2.20 bits per heavy atom. The van der Waals surface area contributed by atoms with Crippen molar-refractivity contribution in [3.8, 4) is 5.75 Å². The molecule has 5 N–H and O–H groups in total. The number of hydrogen-bond donors (Lipinski definition) is 5. The average molecular weight is 498 g/mol. The Labute approximate surface area is 201 Å². The third-order valence-electron chi connectivity index (χ3n) is 5.21. The largest absolute Gasteiger partial charge is 0.481 e. The number of ether oxygens (including phenoxy) is 2. The molecule has 0 aromatic heterocycles. The van der Waals surface area contributed by atoms with Crippen LogP contribution in [0.2, 0.25) is 0 Å². The lowest BCUT2D eigenvalue weighted by atomic mass is 9.95. The van der Waals surface area contributed by atoms with Crippen LogP contribution in [0.15, 0.2) is 18.2 Å². The number of carbonyl (C=O) groups is 5. The third-order valence-corrected chi connectivity index (χ3v) is 5.21. The van der Waals surface area contributed by atoms with Crippen molar-refractivity contribution < 1.29 is 53.9 Å². The topological polar surface area (TPSA) is 200 Å². The van der Waals surface area contributed by atoms with Crippen LogP contribution in [-0.4, -0.2) is 88.1 Å². The normalized spacial score (nSPS) is 13.9. The van der Waals surface area contributed by atoms with Crippen molar-refractivity contribution in [2.45, 2.75) is 44.1 Å². The Balaban J connectivity index is 0.000000405. The zero-order chi connectivity index (χ0) is 26.8. The van der Waals surface area contributed by atoms with Crippen molar-refractivity contribution in [2.75, 3.05) is 32.6 Å². The first-order valence-corrected chi connectivity index (χ1v) is 10.6. The summed E-state index contributed by atoms with van der Waals surface area (Å²) in [4.78, 5) is 55.3. The van der Waals surface area contributed by atoms with Crippen LogP contribution in [0.4, 0.5) is 10.5 Å². The second kappa shape index (κ2) is 13.1. The molecule has 13 nitrogen and oxygen atoms in total. The highest BCUT2D eigenvalue weighted by Crippen LogP contribution is 2.41. The maximum atomic E-state index is 12.0. The number of aliphatic carboxylic acids is 3. The summed E-state index contributed by atoms with van der Waals surface area (Å²) in [6.45, 7) is 3.19. The number of nitrogens with zero attached hydrogens (tertiary/aromatic N) is 1. The van der Waals surface area contributed by atoms with E-state index in [1.165, 1.54) is 12.0 Å². The number of amides is 1. The number of anilines is 1. The standard InChI is InChI=1S/C16H22N2O4.C6H8O7/c1-4-18(2)16(20)22-13-7-5-6-12-15(13)11(10-17-12)8-9-14(19)21-3;7-3(8)1-6(13,5(11)12)2-4(9)10/h5-7,11,17H,4,8-10H2,1-3H3;13H,1-2H2,(H,7,8)(H,9,10)(H,11,12). The van der Waals surface area contributed by atoms with E-state index in [1.54, 1.807) is 13.1 Å². The number of carbonyl (C=O) groups excluding carboxylic acids is 2. The molecule has 0 bridgehead atoms. The Morgan fingerprint density at radius 2 is 1.71 bits per heavy atom. The van der Waals surface area contributed by atoms with Crippen molar-refractivity contribution >= 4 is 35.7 Å². The van der Waals surface area contributed by atoms with Gasteiger partial charge in [-0.3, -0.25) is 14.4 Å². The van der Waals surface area contributed by atoms with Crippen molar-refractivity contribution in [2.24, 2.45) is 0 Å². The predicted molar refractivity (Wildman–Crippen MR) is 120 cm³/mol. The number of rotatable bonds is 10. The highest BCUT2D eigenvalue weighted by molar-refractivity contribution is 5.88. The minimum absolute atomic E-state index is 0.130. The fraction of sp³-hybridized carbons (Fsp3) is 0.500. The smallest absolute Gasteiger partial charge is 0.414 e. The summed E-state index contributed by atoms with van der Waals surface area (Å²) in [7, 11) is 3.08. The summed E-state index contributed by atoms with van der Waals surface area (Å²) >= 11 is 0. The molecule has 1 amide bonds. The van der Waals surface area contributed by atoms with Gasteiger partial charge >= 0.3 is 30.0 Å². The van der Waals surface area contributed by atoms with Gasteiger partial charge in [0.25, 0.3) is 0 Å². The molecular weight excluding hydrogens is 468 g/mol. The zero-order valence-electron chi connectivity index (χ0n) is 19.6. The number of carboxylic acid groups (broad SMARTS) is 3. The molecule has 1 unspecified atom stereocenters. The van der Waals surface area contributed by atoms with Crippen LogP contribution < -0.4 is 10.1 Å². The lowest BCUT2D eigenvalue weighted by Crippen LogP contribution is -2.42. The lowest BCUT2D eigenvalue weighted by molar-refractivity contribution is -0.170. The van der Waals surface area contributed by atoms with Crippen LogP contribution >= 0.6 is 0 Å². The maximum Gasteiger partial charge on any atom is 0.414 e. The number of esters is 1. The van der Waals surface area contributed by atoms with E-state index in [1.807, 2.05) is 19.1 Å². The van der Waals surface area contributed by atoms with Gasteiger partial charge in [0.15, 0.2) is 5.60 Å². The molecule has 13 heteroatoms. The molecule has 0 saturated heterocycles. The van der Waals surface area contributed by atoms with Gasteiger partial charge in [-0.15, -0.1) is 0 Å². The molecule has 1 aliphatic heterocycles. The number of methoxy groups -OCH3 is 1. The van der Waals surface area contributed by atoms with Gasteiger partial charge in [-0.2, -0.15) is 0 Å². The molecule has 1 aromatic carbocycles. The van der Waals surface area contributed by atoms with Crippen LogP contribution in [0.5, 0.6) is 5.75 Å². The molecule has 35 heavy (non-hydrogen) atoms. The molecule has 0 radical (unpaired) electrons. The second-order valence-electron chi connectivity index (χ2n) is 7.77. The summed E-state index contributed by atoms with van der Waals surface area (Å²) in [5.74, 6) is -4.56. The van der Waals surface area contributed by atoms with Gasteiger partial charge in [0, 0.05) is 43.7 Å². The fourth-order valence-corrected chi connectivity index (χ4v) is 3.20. The third kappa shape index (κ3) is 8.77. The number of benzene rings is 1. The minimum atomic E-state index is -2.74. The SMILES string of the molecule is CCN(C)C(=O)Oc1cccc2c1C(CCC(=O)OC)CN2.O=C(O)CC(O)(CC(=O)O)C(=O)O. The number of nitrogens with one attached hydrogen (secondary N) is 1. The predicted octanol–water partition coefficient (Wildman–Crippen LogP) is 1.35. The average Bonchev–Trinajstić information content (AvgIpc) is 3.20. The first kappa shape index (κ1) is 29.2. The van der Waals surface area contributed by atoms with Gasteiger partial charge in [-0.1, -0.05) is 6.07 Å². The molecular formula is C22H30N2O11. The molecule has 0 fully saturated rings. The molecule has 1 aromatic rings. The minimum Gasteiger partial charge on any atom is -0.481 e. The van der Waals surface area contributed by atoms with Gasteiger partial charge in [-0.05, 0) is 25.5 Å². The quantitative estimate of drug-likeness (QED) is 0.290. The molecule has 1 atom stereocenters. The van der Waals surface area contributed by atoms with E-state index in [-0.39, 0.29) is 18.0 Å². The lowest BCUT2D eigenvalue weighted by Gasteiger charge is -2.18. The Hall–Kier alpha value is -3.87. The maximum absolute atomic E-state index is 12.0. The fourth-order valence-electron chi connectivity index (χ4n) is 3.20. The van der Waals surface area contributed by atoms with E-state index >= 15 is 0 Å². The Kier molecular flexibility index (Phi) is 10.9. The van der Waals surface area contributed by atoms with E-state index in [4.69, 9.17) is 25.2 Å².